The molecule has 4 rings (SSSR count). The Kier molecular flexibility index (Phi) is 6.15. The van der Waals surface area contributed by atoms with Gasteiger partial charge in [0.15, 0.2) is 5.82 Å². The van der Waals surface area contributed by atoms with Crippen LogP contribution in [0, 0.1) is 0 Å². The third-order valence-electron chi connectivity index (χ3n) is 6.00. The molecule has 0 atom stereocenters. The summed E-state index contributed by atoms with van der Waals surface area (Å²) in [6.45, 7) is 12.6. The molecule has 0 saturated heterocycles. The lowest BCUT2D eigenvalue weighted by atomic mass is 9.92. The first-order valence-electron chi connectivity index (χ1n) is 11.0. The number of allylic oxidation sites excluding steroid dienone is 1. The fourth-order valence-corrected chi connectivity index (χ4v) is 4.12. The summed E-state index contributed by atoms with van der Waals surface area (Å²) < 4.78 is 0. The molecular formula is C26H31N5O. The summed E-state index contributed by atoms with van der Waals surface area (Å²) in [5, 5.41) is 13.5. The van der Waals surface area contributed by atoms with E-state index in [4.69, 9.17) is 0 Å². The monoisotopic (exact) mass is 429 g/mol. The number of H-pyrrole nitrogens is 1. The number of carbonyl (C=O) groups excluding carboxylic acids is 1. The maximum Gasteiger partial charge on any atom is 0.321 e. The average molecular weight is 430 g/mol. The van der Waals surface area contributed by atoms with Crippen LogP contribution >= 0.6 is 0 Å². The summed E-state index contributed by atoms with van der Waals surface area (Å²) in [6.07, 6.45) is 0.846. The quantitative estimate of drug-likeness (QED) is 0.513. The van der Waals surface area contributed by atoms with E-state index in [1.54, 1.807) is 0 Å². The van der Waals surface area contributed by atoms with Crippen molar-refractivity contribution in [3.8, 4) is 0 Å². The molecule has 0 saturated carbocycles. The largest absolute Gasteiger partial charge is 0.329 e. The van der Waals surface area contributed by atoms with Crippen LogP contribution in [0.3, 0.4) is 0 Å². The minimum absolute atomic E-state index is 0.267. The van der Waals surface area contributed by atoms with Crippen LogP contribution in [-0.4, -0.2) is 27.7 Å². The van der Waals surface area contributed by atoms with Crippen molar-refractivity contribution >= 4 is 17.4 Å². The highest BCUT2D eigenvalue weighted by molar-refractivity contribution is 5.89. The first kappa shape index (κ1) is 21.8. The molecule has 0 bridgehead atoms. The normalized spacial score (nSPS) is 14.0. The number of amides is 2. The second-order valence-electron chi connectivity index (χ2n) is 9.04. The first-order valence-corrected chi connectivity index (χ1v) is 11.0. The highest BCUT2D eigenvalue weighted by Crippen LogP contribution is 2.26. The number of urea groups is 1. The van der Waals surface area contributed by atoms with E-state index < -0.39 is 5.54 Å². The summed E-state index contributed by atoms with van der Waals surface area (Å²) in [4.78, 5) is 15.2. The molecule has 0 aliphatic carbocycles. The molecule has 1 aliphatic rings. The second-order valence-corrected chi connectivity index (χ2v) is 9.04. The zero-order valence-corrected chi connectivity index (χ0v) is 19.0. The van der Waals surface area contributed by atoms with Gasteiger partial charge in [0, 0.05) is 25.2 Å². The molecule has 0 radical (unpaired) electrons. The van der Waals surface area contributed by atoms with Gasteiger partial charge < -0.3 is 5.32 Å². The van der Waals surface area contributed by atoms with E-state index in [1.165, 1.54) is 5.56 Å². The van der Waals surface area contributed by atoms with Crippen LogP contribution in [0.4, 0.5) is 10.6 Å². The molecule has 0 unspecified atom stereocenters. The van der Waals surface area contributed by atoms with Crippen molar-refractivity contribution in [3.63, 3.8) is 0 Å². The highest BCUT2D eigenvalue weighted by atomic mass is 16.2. The molecule has 1 aromatic heterocycles. The van der Waals surface area contributed by atoms with Gasteiger partial charge >= 0.3 is 6.03 Å². The molecule has 3 N–H and O–H groups in total. The van der Waals surface area contributed by atoms with Gasteiger partial charge in [-0.2, -0.15) is 5.10 Å². The van der Waals surface area contributed by atoms with Crippen molar-refractivity contribution in [2.75, 3.05) is 11.9 Å². The van der Waals surface area contributed by atoms with E-state index in [-0.39, 0.29) is 6.03 Å². The second kappa shape index (κ2) is 9.01. The number of aromatic amines is 1. The van der Waals surface area contributed by atoms with Crippen molar-refractivity contribution in [2.45, 2.75) is 45.8 Å². The van der Waals surface area contributed by atoms with Crippen molar-refractivity contribution in [2.24, 2.45) is 0 Å². The van der Waals surface area contributed by atoms with Crippen LogP contribution in [-0.2, 0) is 25.0 Å². The number of anilines is 1. The van der Waals surface area contributed by atoms with Gasteiger partial charge in [0.2, 0.25) is 0 Å². The molecule has 6 nitrogen and oxygen atoms in total. The number of benzene rings is 2. The number of fused-ring (bicyclic) bond motifs is 1. The number of rotatable bonds is 6. The maximum absolute atomic E-state index is 12.8. The lowest BCUT2D eigenvalue weighted by Crippen LogP contribution is -2.43. The van der Waals surface area contributed by atoms with E-state index in [0.717, 1.165) is 54.0 Å². The number of hydrogen-bond donors (Lipinski definition) is 3. The van der Waals surface area contributed by atoms with Gasteiger partial charge in [-0.15, -0.1) is 0 Å². The van der Waals surface area contributed by atoms with Crippen LogP contribution in [0.1, 0.15) is 48.7 Å². The standard InChI is InChI=1S/C26H31N5O/c1-18(2)20-11-8-12-21(15-20)26(3,4)28-25(32)27-24-22-13-14-31(17-23(22)29-30-24)16-19-9-6-5-7-10-19/h5-12,15H,1,13-14,16-17H2,2-4H3,(H3,27,28,29,30,32). The Labute approximate surface area is 189 Å². The van der Waals surface area contributed by atoms with Crippen LogP contribution in [0.15, 0.2) is 61.2 Å². The average Bonchev–Trinajstić information content (AvgIpc) is 3.16. The third-order valence-corrected chi connectivity index (χ3v) is 6.00. The molecule has 0 spiro atoms. The van der Waals surface area contributed by atoms with Crippen LogP contribution < -0.4 is 10.6 Å². The Balaban J connectivity index is 1.40. The van der Waals surface area contributed by atoms with Crippen LogP contribution in [0.5, 0.6) is 0 Å². The highest BCUT2D eigenvalue weighted by Gasteiger charge is 2.26. The van der Waals surface area contributed by atoms with Gasteiger partial charge in [-0.05, 0) is 49.9 Å². The number of aromatic nitrogens is 2. The Morgan fingerprint density at radius 3 is 2.72 bits per heavy atom. The van der Waals surface area contributed by atoms with E-state index >= 15 is 0 Å². The Bertz CT molecular complexity index is 1120. The molecule has 6 heteroatoms. The van der Waals surface area contributed by atoms with Gasteiger partial charge in [0.25, 0.3) is 0 Å². The summed E-state index contributed by atoms with van der Waals surface area (Å²) in [6, 6.07) is 18.3. The zero-order valence-electron chi connectivity index (χ0n) is 19.0. The van der Waals surface area contributed by atoms with Gasteiger partial charge in [0.05, 0.1) is 11.2 Å². The van der Waals surface area contributed by atoms with Gasteiger partial charge in [-0.25, -0.2) is 4.79 Å². The fraction of sp³-hybridized carbons (Fsp3) is 0.308. The maximum atomic E-state index is 12.8. The summed E-state index contributed by atoms with van der Waals surface area (Å²) >= 11 is 0. The van der Waals surface area contributed by atoms with Crippen molar-refractivity contribution in [1.82, 2.24) is 20.4 Å². The van der Waals surface area contributed by atoms with Gasteiger partial charge in [-0.3, -0.25) is 15.3 Å². The minimum atomic E-state index is -0.543. The molecule has 2 aromatic carbocycles. The van der Waals surface area contributed by atoms with Crippen molar-refractivity contribution < 1.29 is 4.79 Å². The summed E-state index contributed by atoms with van der Waals surface area (Å²) in [5.74, 6) is 0.614. The fourth-order valence-electron chi connectivity index (χ4n) is 4.12. The van der Waals surface area contributed by atoms with Crippen LogP contribution in [0.25, 0.3) is 5.57 Å². The Hall–Kier alpha value is -3.38. The topological polar surface area (TPSA) is 73.0 Å². The molecule has 1 aliphatic heterocycles. The molecule has 3 aromatic rings. The van der Waals surface area contributed by atoms with E-state index in [2.05, 4.69) is 62.6 Å². The predicted molar refractivity (Wildman–Crippen MR) is 129 cm³/mol. The number of nitrogens with zero attached hydrogens (tertiary/aromatic N) is 2. The first-order chi connectivity index (χ1) is 15.3. The smallest absolute Gasteiger partial charge is 0.321 e. The lowest BCUT2D eigenvalue weighted by Gasteiger charge is -2.28. The lowest BCUT2D eigenvalue weighted by molar-refractivity contribution is 0.241. The molecule has 166 valence electrons. The number of carbonyl (C=O) groups is 1. The number of nitrogens with one attached hydrogen (secondary N) is 3. The van der Waals surface area contributed by atoms with Gasteiger partial charge in [-0.1, -0.05) is 60.7 Å². The third kappa shape index (κ3) is 4.92. The zero-order chi connectivity index (χ0) is 22.7. The van der Waals surface area contributed by atoms with Gasteiger partial charge in [0.1, 0.15) is 0 Å². The summed E-state index contributed by atoms with van der Waals surface area (Å²) in [7, 11) is 0. The molecule has 0 fully saturated rings. The van der Waals surface area contributed by atoms with E-state index in [1.807, 2.05) is 45.0 Å². The molecular weight excluding hydrogens is 398 g/mol. The molecule has 2 amide bonds. The predicted octanol–water partition coefficient (Wildman–Crippen LogP) is 5.06. The number of hydrogen-bond acceptors (Lipinski definition) is 3. The minimum Gasteiger partial charge on any atom is -0.329 e. The van der Waals surface area contributed by atoms with Crippen molar-refractivity contribution in [1.29, 1.82) is 0 Å². The Morgan fingerprint density at radius 1 is 1.19 bits per heavy atom. The Morgan fingerprint density at radius 2 is 1.97 bits per heavy atom. The molecule has 32 heavy (non-hydrogen) atoms. The van der Waals surface area contributed by atoms with E-state index in [0.29, 0.717) is 5.82 Å². The van der Waals surface area contributed by atoms with Crippen LogP contribution in [0.2, 0.25) is 0 Å². The summed E-state index contributed by atoms with van der Waals surface area (Å²) in [5.41, 5.74) is 6.00. The molecule has 2 heterocycles. The van der Waals surface area contributed by atoms with E-state index in [9.17, 15) is 4.79 Å². The van der Waals surface area contributed by atoms with Crippen molar-refractivity contribution in [3.05, 3.63) is 89.1 Å². The SMILES string of the molecule is C=C(C)c1cccc(C(C)(C)NC(=O)Nc2n[nH]c3c2CCN(Cc2ccccc2)C3)c1.